The van der Waals surface area contributed by atoms with Gasteiger partial charge in [-0.3, -0.25) is 4.98 Å². The molecule has 4 aromatic rings. The van der Waals surface area contributed by atoms with Gasteiger partial charge in [-0.25, -0.2) is 0 Å². The summed E-state index contributed by atoms with van der Waals surface area (Å²) in [5, 5.41) is 5.06. The maximum Gasteiger partial charge on any atom is 0.174 e. The monoisotopic (exact) mass is 583 g/mol. The van der Waals surface area contributed by atoms with E-state index in [0.29, 0.717) is 5.11 Å². The van der Waals surface area contributed by atoms with Gasteiger partial charge in [0.1, 0.15) is 0 Å². The second-order valence-corrected chi connectivity index (χ2v) is 12.5. The Morgan fingerprint density at radius 1 is 0.927 bits per heavy atom. The predicted octanol–water partition coefficient (Wildman–Crippen LogP) is 8.17. The summed E-state index contributed by atoms with van der Waals surface area (Å²) in [5.41, 5.74) is 10.4. The molecule has 0 amide bonds. The van der Waals surface area contributed by atoms with E-state index in [-0.39, 0.29) is 12.1 Å². The van der Waals surface area contributed by atoms with E-state index < -0.39 is 0 Å². The lowest BCUT2D eigenvalue weighted by Gasteiger charge is -2.33. The molecule has 0 unspecified atom stereocenters. The van der Waals surface area contributed by atoms with Gasteiger partial charge < -0.3 is 19.7 Å². The number of nitrogens with one attached hydrogen (secondary N) is 1. The number of benzene rings is 2. The Hall–Kier alpha value is -3.35. The van der Waals surface area contributed by atoms with Crippen LogP contribution in [0.25, 0.3) is 5.69 Å². The molecule has 212 valence electrons. The van der Waals surface area contributed by atoms with Gasteiger partial charge in [-0.1, -0.05) is 36.7 Å². The molecule has 0 radical (unpaired) electrons. The first kappa shape index (κ1) is 27.8. The third-order valence-electron chi connectivity index (χ3n) is 9.04. The maximum absolute atomic E-state index is 7.00. The first-order chi connectivity index (χ1) is 19.7. The van der Waals surface area contributed by atoms with Gasteiger partial charge in [0, 0.05) is 42.0 Å². The Balaban J connectivity index is 1.45. The molecule has 2 atom stereocenters. The van der Waals surface area contributed by atoms with Crippen LogP contribution in [0.15, 0.2) is 66.9 Å². The second-order valence-electron chi connectivity index (χ2n) is 11.7. The molecule has 1 N–H and O–H groups in total. The standard InChI is InChI=1S/C34H38ClN5S/c1-21-14-17-38(18-15-21)31-13-12-26(20-28(31)35)40-33(32(37-34(40)41)29-10-6-7-16-36-29)27-19-23(3)39(25(27)5)30-11-8-9-22(2)24(30)4/h6-13,16,19-21,32-33H,14-15,17-18H2,1-5H3,(H,37,41)/t32-,33+/m0/s1. The largest absolute Gasteiger partial charge is 0.370 e. The lowest BCUT2D eigenvalue weighted by Crippen LogP contribution is -2.33. The molecule has 2 aromatic carbocycles. The number of hydrogen-bond donors (Lipinski definition) is 1. The summed E-state index contributed by atoms with van der Waals surface area (Å²) in [6.45, 7) is 13.2. The van der Waals surface area contributed by atoms with Gasteiger partial charge >= 0.3 is 0 Å². The number of halogens is 1. The van der Waals surface area contributed by atoms with Crippen LogP contribution in [0.4, 0.5) is 11.4 Å². The SMILES string of the molecule is Cc1cccc(-n2c(C)cc([C@@H]3[C@H](c4ccccn4)NC(=S)N3c3ccc(N4CCC(C)CC4)c(Cl)c3)c2C)c1C. The van der Waals surface area contributed by atoms with Crippen LogP contribution in [0.2, 0.25) is 5.02 Å². The van der Waals surface area contributed by atoms with Gasteiger partial charge in [0.05, 0.1) is 28.5 Å². The van der Waals surface area contributed by atoms with E-state index in [9.17, 15) is 0 Å². The minimum atomic E-state index is -0.113. The summed E-state index contributed by atoms with van der Waals surface area (Å²) in [4.78, 5) is 9.40. The number of piperidine rings is 1. The highest BCUT2D eigenvalue weighted by atomic mass is 35.5. The van der Waals surface area contributed by atoms with Crippen molar-refractivity contribution in [2.75, 3.05) is 22.9 Å². The zero-order valence-corrected chi connectivity index (χ0v) is 26.1. The van der Waals surface area contributed by atoms with E-state index in [2.05, 4.69) is 103 Å². The number of anilines is 2. The van der Waals surface area contributed by atoms with Gasteiger partial charge in [-0.2, -0.15) is 0 Å². The quantitative estimate of drug-likeness (QED) is 0.240. The molecule has 0 aliphatic carbocycles. The fourth-order valence-corrected chi connectivity index (χ4v) is 7.18. The average molecular weight is 584 g/mol. The van der Waals surface area contributed by atoms with Gasteiger partial charge in [-0.15, -0.1) is 0 Å². The zero-order valence-electron chi connectivity index (χ0n) is 24.5. The normalized spacial score (nSPS) is 19.6. The van der Waals surface area contributed by atoms with Crippen molar-refractivity contribution >= 4 is 40.3 Å². The molecular formula is C34H38ClN5S. The molecule has 41 heavy (non-hydrogen) atoms. The summed E-state index contributed by atoms with van der Waals surface area (Å²) in [7, 11) is 0. The van der Waals surface area contributed by atoms with Gasteiger partial charge in [0.2, 0.25) is 0 Å². The minimum absolute atomic E-state index is 0.0970. The van der Waals surface area contributed by atoms with Crippen LogP contribution in [-0.2, 0) is 0 Å². The maximum atomic E-state index is 7.00. The van der Waals surface area contributed by atoms with Crippen molar-refractivity contribution in [2.24, 2.45) is 5.92 Å². The molecule has 2 aliphatic heterocycles. The topological polar surface area (TPSA) is 36.3 Å². The Bertz CT molecular complexity index is 1590. The van der Waals surface area contributed by atoms with E-state index in [0.717, 1.165) is 41.1 Å². The lowest BCUT2D eigenvalue weighted by molar-refractivity contribution is 0.438. The first-order valence-electron chi connectivity index (χ1n) is 14.5. The number of pyridine rings is 1. The number of aryl methyl sites for hydroxylation is 2. The molecule has 5 nitrogen and oxygen atoms in total. The van der Waals surface area contributed by atoms with Crippen molar-refractivity contribution in [1.82, 2.24) is 14.9 Å². The van der Waals surface area contributed by atoms with E-state index in [4.69, 9.17) is 28.8 Å². The Morgan fingerprint density at radius 3 is 2.41 bits per heavy atom. The molecule has 2 saturated heterocycles. The Labute approximate surface area is 254 Å². The Morgan fingerprint density at radius 2 is 1.71 bits per heavy atom. The predicted molar refractivity (Wildman–Crippen MR) is 175 cm³/mol. The molecule has 2 aromatic heterocycles. The van der Waals surface area contributed by atoms with Crippen molar-refractivity contribution in [3.8, 4) is 5.69 Å². The lowest BCUT2D eigenvalue weighted by atomic mass is 9.96. The van der Waals surface area contributed by atoms with Crippen molar-refractivity contribution in [3.63, 3.8) is 0 Å². The number of aromatic nitrogens is 2. The molecule has 7 heteroatoms. The van der Waals surface area contributed by atoms with Gasteiger partial charge in [0.25, 0.3) is 0 Å². The summed E-state index contributed by atoms with van der Waals surface area (Å²) in [5.74, 6) is 0.768. The molecule has 0 bridgehead atoms. The van der Waals surface area contributed by atoms with Crippen molar-refractivity contribution in [2.45, 2.75) is 59.5 Å². The third-order valence-corrected chi connectivity index (χ3v) is 9.65. The molecule has 6 rings (SSSR count). The van der Waals surface area contributed by atoms with E-state index in [1.165, 1.54) is 46.6 Å². The highest BCUT2D eigenvalue weighted by molar-refractivity contribution is 7.80. The van der Waals surface area contributed by atoms with Crippen LogP contribution in [0, 0.1) is 33.6 Å². The van der Waals surface area contributed by atoms with Crippen molar-refractivity contribution < 1.29 is 0 Å². The van der Waals surface area contributed by atoms with E-state index >= 15 is 0 Å². The van der Waals surface area contributed by atoms with Crippen LogP contribution in [0.1, 0.15) is 65.6 Å². The number of hydrogen-bond acceptors (Lipinski definition) is 3. The van der Waals surface area contributed by atoms with Crippen LogP contribution >= 0.6 is 23.8 Å². The number of thiocarbonyl (C=S) groups is 1. The number of rotatable bonds is 5. The van der Waals surface area contributed by atoms with Crippen molar-refractivity contribution in [3.05, 3.63) is 106 Å². The van der Waals surface area contributed by atoms with E-state index in [1.54, 1.807) is 0 Å². The molecule has 0 saturated carbocycles. The molecular weight excluding hydrogens is 546 g/mol. The van der Waals surface area contributed by atoms with Gasteiger partial charge in [0.15, 0.2) is 5.11 Å². The summed E-state index contributed by atoms with van der Waals surface area (Å²) < 4.78 is 2.38. The molecule has 0 spiro atoms. The van der Waals surface area contributed by atoms with Crippen LogP contribution in [0.3, 0.4) is 0 Å². The minimum Gasteiger partial charge on any atom is -0.370 e. The highest BCUT2D eigenvalue weighted by Crippen LogP contribution is 2.45. The highest BCUT2D eigenvalue weighted by Gasteiger charge is 2.42. The van der Waals surface area contributed by atoms with Crippen LogP contribution in [0.5, 0.6) is 0 Å². The smallest absolute Gasteiger partial charge is 0.174 e. The molecule has 2 aliphatic rings. The molecule has 4 heterocycles. The zero-order chi connectivity index (χ0) is 28.8. The van der Waals surface area contributed by atoms with Crippen LogP contribution in [-0.4, -0.2) is 27.8 Å². The fourth-order valence-electron chi connectivity index (χ4n) is 6.54. The fraction of sp³-hybridized carbons (Fsp3) is 0.353. The first-order valence-corrected chi connectivity index (χ1v) is 15.3. The third kappa shape index (κ3) is 5.02. The number of nitrogens with zero attached hydrogens (tertiary/aromatic N) is 4. The van der Waals surface area contributed by atoms with Gasteiger partial charge in [-0.05, 0) is 118 Å². The van der Waals surface area contributed by atoms with E-state index in [1.807, 2.05) is 18.3 Å². The van der Waals surface area contributed by atoms with Crippen LogP contribution < -0.4 is 15.1 Å². The summed E-state index contributed by atoms with van der Waals surface area (Å²) in [6.07, 6.45) is 4.24. The summed E-state index contributed by atoms with van der Waals surface area (Å²) >= 11 is 13.0. The average Bonchev–Trinajstić information content (AvgIpc) is 3.46. The molecule has 2 fully saturated rings. The Kier molecular flexibility index (Phi) is 7.56. The second kappa shape index (κ2) is 11.1. The van der Waals surface area contributed by atoms with Crippen molar-refractivity contribution in [1.29, 1.82) is 0 Å². The summed E-state index contributed by atoms with van der Waals surface area (Å²) in [6, 6.07) is 21.1.